The van der Waals surface area contributed by atoms with Gasteiger partial charge in [-0.1, -0.05) is 24.3 Å². The number of H-pyrrole nitrogens is 1. The lowest BCUT2D eigenvalue weighted by Crippen LogP contribution is -2.22. The Morgan fingerprint density at radius 2 is 1.96 bits per heavy atom. The first kappa shape index (κ1) is 17.1. The van der Waals surface area contributed by atoms with E-state index in [9.17, 15) is 0 Å². The predicted molar refractivity (Wildman–Crippen MR) is 108 cm³/mol. The molecule has 0 fully saturated rings. The molecule has 4 rings (SSSR count). The monoisotopic (exact) mass is 362 g/mol. The van der Waals surface area contributed by atoms with E-state index in [0.29, 0.717) is 0 Å². The van der Waals surface area contributed by atoms with Gasteiger partial charge >= 0.3 is 0 Å². The topological polar surface area (TPSA) is 44.8 Å². The molecule has 26 heavy (non-hydrogen) atoms. The van der Waals surface area contributed by atoms with Crippen LogP contribution in [0.1, 0.15) is 23.4 Å². The van der Waals surface area contributed by atoms with Crippen molar-refractivity contribution in [2.45, 2.75) is 25.2 Å². The van der Waals surface area contributed by atoms with Crippen molar-refractivity contribution in [1.82, 2.24) is 19.3 Å². The molecule has 4 nitrogen and oxygen atoms in total. The van der Waals surface area contributed by atoms with Crippen LogP contribution in [0.15, 0.2) is 59.6 Å². The van der Waals surface area contributed by atoms with Crippen LogP contribution in [-0.4, -0.2) is 32.3 Å². The van der Waals surface area contributed by atoms with Crippen LogP contribution in [0, 0.1) is 13.8 Å². The van der Waals surface area contributed by atoms with Crippen molar-refractivity contribution < 1.29 is 0 Å². The largest absolute Gasteiger partial charge is 0.341 e. The smallest absolute Gasteiger partial charge is 0.156 e. The highest BCUT2D eigenvalue weighted by molar-refractivity contribution is 7.97. The lowest BCUT2D eigenvalue weighted by molar-refractivity contribution is 0.519. The number of hydrogen-bond acceptors (Lipinski definition) is 4. The van der Waals surface area contributed by atoms with Crippen molar-refractivity contribution in [2.75, 3.05) is 13.1 Å². The Hall–Kier alpha value is -2.37. The van der Waals surface area contributed by atoms with Crippen molar-refractivity contribution >= 4 is 17.5 Å². The SMILES string of the molecule is Cc1nc(-c2cc(C3=CCCN(Sc4ccccc4)C3)ccn2)[nH]c1C. The number of pyridine rings is 1. The van der Waals surface area contributed by atoms with Gasteiger partial charge in [0.15, 0.2) is 5.82 Å². The number of aromatic amines is 1. The van der Waals surface area contributed by atoms with E-state index in [4.69, 9.17) is 0 Å². The lowest BCUT2D eigenvalue weighted by Gasteiger charge is -2.26. The number of hydrogen-bond donors (Lipinski definition) is 1. The van der Waals surface area contributed by atoms with Crippen LogP contribution in [0.25, 0.3) is 17.1 Å². The number of aromatic nitrogens is 3. The molecule has 132 valence electrons. The fourth-order valence-corrected chi connectivity index (χ4v) is 4.04. The average Bonchev–Trinajstić information content (AvgIpc) is 3.02. The van der Waals surface area contributed by atoms with E-state index in [1.165, 1.54) is 16.0 Å². The molecule has 0 radical (unpaired) electrons. The molecule has 0 saturated carbocycles. The fourth-order valence-electron chi connectivity index (χ4n) is 3.06. The third kappa shape index (κ3) is 3.74. The van der Waals surface area contributed by atoms with Gasteiger partial charge in [0.25, 0.3) is 0 Å². The molecule has 0 spiro atoms. The lowest BCUT2D eigenvalue weighted by atomic mass is 10.0. The van der Waals surface area contributed by atoms with E-state index < -0.39 is 0 Å². The van der Waals surface area contributed by atoms with Crippen LogP contribution < -0.4 is 0 Å². The van der Waals surface area contributed by atoms with Gasteiger partial charge in [-0.15, -0.1) is 0 Å². The highest BCUT2D eigenvalue weighted by Gasteiger charge is 2.16. The molecule has 0 unspecified atom stereocenters. The van der Waals surface area contributed by atoms with Crippen molar-refractivity contribution in [3.05, 3.63) is 71.7 Å². The third-order valence-electron chi connectivity index (χ3n) is 4.60. The molecule has 1 N–H and O–H groups in total. The van der Waals surface area contributed by atoms with Crippen molar-refractivity contribution in [2.24, 2.45) is 0 Å². The number of aryl methyl sites for hydroxylation is 2. The van der Waals surface area contributed by atoms with E-state index >= 15 is 0 Å². The molecular formula is C21H22N4S. The summed E-state index contributed by atoms with van der Waals surface area (Å²) in [5.74, 6) is 0.841. The van der Waals surface area contributed by atoms with Crippen molar-refractivity contribution in [1.29, 1.82) is 0 Å². The summed E-state index contributed by atoms with van der Waals surface area (Å²) in [6, 6.07) is 14.8. The minimum atomic E-state index is 0.841. The third-order valence-corrected chi connectivity index (χ3v) is 5.65. The van der Waals surface area contributed by atoms with E-state index in [1.54, 1.807) is 0 Å². The molecule has 5 heteroatoms. The van der Waals surface area contributed by atoms with E-state index in [2.05, 4.69) is 67.8 Å². The van der Waals surface area contributed by atoms with Crippen molar-refractivity contribution in [3.8, 4) is 11.5 Å². The first-order valence-corrected chi connectivity index (χ1v) is 9.63. The van der Waals surface area contributed by atoms with Gasteiger partial charge in [-0.3, -0.25) is 4.98 Å². The van der Waals surface area contributed by atoms with E-state index in [1.807, 2.05) is 32.0 Å². The number of imidazole rings is 1. The van der Waals surface area contributed by atoms with Gasteiger partial charge < -0.3 is 4.98 Å². The number of nitrogens with one attached hydrogen (secondary N) is 1. The molecule has 0 aliphatic carbocycles. The van der Waals surface area contributed by atoms with Gasteiger partial charge in [-0.05, 0) is 67.6 Å². The van der Waals surface area contributed by atoms with Crippen LogP contribution in [0.2, 0.25) is 0 Å². The van der Waals surface area contributed by atoms with Crippen LogP contribution >= 0.6 is 11.9 Å². The van der Waals surface area contributed by atoms with E-state index in [-0.39, 0.29) is 0 Å². The Morgan fingerprint density at radius 1 is 1.12 bits per heavy atom. The maximum absolute atomic E-state index is 4.59. The van der Waals surface area contributed by atoms with Gasteiger partial charge in [0.2, 0.25) is 0 Å². The molecule has 3 heterocycles. The summed E-state index contributed by atoms with van der Waals surface area (Å²) in [4.78, 5) is 13.7. The van der Waals surface area contributed by atoms with E-state index in [0.717, 1.165) is 42.4 Å². The molecule has 3 aromatic rings. The summed E-state index contributed by atoms with van der Waals surface area (Å²) in [6.45, 7) is 6.05. The van der Waals surface area contributed by atoms with Gasteiger partial charge in [0.05, 0.1) is 5.69 Å². The highest BCUT2D eigenvalue weighted by Crippen LogP contribution is 2.30. The second-order valence-electron chi connectivity index (χ2n) is 6.51. The maximum atomic E-state index is 4.59. The zero-order valence-corrected chi connectivity index (χ0v) is 15.9. The fraction of sp³-hybridized carbons (Fsp3) is 0.238. The molecular weight excluding hydrogens is 340 g/mol. The second-order valence-corrected chi connectivity index (χ2v) is 7.68. The molecule has 1 aliphatic heterocycles. The standard InChI is InChI=1S/C21H22N4S/c1-15-16(2)24-21(23-15)20-13-17(10-11-22-20)18-7-6-12-25(14-18)26-19-8-4-3-5-9-19/h3-5,7-11,13H,6,12,14H2,1-2H3,(H,23,24). The van der Waals surface area contributed by atoms with Crippen LogP contribution in [0.5, 0.6) is 0 Å². The number of benzene rings is 1. The van der Waals surface area contributed by atoms with Gasteiger partial charge in [0, 0.05) is 29.9 Å². The second kappa shape index (κ2) is 7.48. The Bertz CT molecular complexity index is 911. The average molecular weight is 363 g/mol. The van der Waals surface area contributed by atoms with Crippen molar-refractivity contribution in [3.63, 3.8) is 0 Å². The first-order valence-electron chi connectivity index (χ1n) is 8.86. The zero-order valence-electron chi connectivity index (χ0n) is 15.1. The Balaban J connectivity index is 1.53. The zero-order chi connectivity index (χ0) is 17.9. The highest BCUT2D eigenvalue weighted by atomic mass is 32.2. The van der Waals surface area contributed by atoms with Gasteiger partial charge in [-0.25, -0.2) is 9.29 Å². The molecule has 0 amide bonds. The minimum absolute atomic E-state index is 0.841. The summed E-state index contributed by atoms with van der Waals surface area (Å²) in [7, 11) is 0. The molecule has 0 saturated heterocycles. The predicted octanol–water partition coefficient (Wildman–Crippen LogP) is 4.88. The molecule has 2 aromatic heterocycles. The van der Waals surface area contributed by atoms with Crippen LogP contribution in [0.3, 0.4) is 0 Å². The Kier molecular flexibility index (Phi) is 4.91. The minimum Gasteiger partial charge on any atom is -0.341 e. The summed E-state index contributed by atoms with van der Waals surface area (Å²) in [5, 5.41) is 0. The number of rotatable bonds is 4. The number of nitrogens with zero attached hydrogens (tertiary/aromatic N) is 3. The summed E-state index contributed by atoms with van der Waals surface area (Å²) in [6.07, 6.45) is 5.29. The normalized spacial score (nSPS) is 15.1. The van der Waals surface area contributed by atoms with Crippen LogP contribution in [-0.2, 0) is 0 Å². The summed E-state index contributed by atoms with van der Waals surface area (Å²) < 4.78 is 2.42. The molecule has 0 bridgehead atoms. The van der Waals surface area contributed by atoms with Gasteiger partial charge in [0.1, 0.15) is 5.69 Å². The van der Waals surface area contributed by atoms with Crippen LogP contribution in [0.4, 0.5) is 0 Å². The Morgan fingerprint density at radius 3 is 2.73 bits per heavy atom. The first-order chi connectivity index (χ1) is 12.7. The molecule has 1 aliphatic rings. The van der Waals surface area contributed by atoms with Gasteiger partial charge in [-0.2, -0.15) is 0 Å². The summed E-state index contributed by atoms with van der Waals surface area (Å²) >= 11 is 1.83. The summed E-state index contributed by atoms with van der Waals surface area (Å²) in [5.41, 5.74) is 5.58. The quantitative estimate of drug-likeness (QED) is 0.672. The molecule has 1 aromatic carbocycles. The molecule has 0 atom stereocenters. The maximum Gasteiger partial charge on any atom is 0.156 e. The Labute approximate surface area is 158 Å².